The summed E-state index contributed by atoms with van der Waals surface area (Å²) in [5.74, 6) is 1.51. The van der Waals surface area contributed by atoms with E-state index in [1.807, 2.05) is 30.4 Å². The van der Waals surface area contributed by atoms with E-state index in [-0.39, 0.29) is 0 Å². The van der Waals surface area contributed by atoms with Gasteiger partial charge in [-0.3, -0.25) is 4.79 Å². The largest absolute Gasteiger partial charge is 0.385 e. The summed E-state index contributed by atoms with van der Waals surface area (Å²) in [5.41, 5.74) is 3.47. The molecule has 0 saturated carbocycles. The van der Waals surface area contributed by atoms with Crippen LogP contribution in [0, 0.1) is 11.8 Å². The maximum Gasteiger partial charge on any atom is 0.159 e. The third-order valence-corrected chi connectivity index (χ3v) is 6.72. The molecule has 2 rings (SSSR count). The van der Waals surface area contributed by atoms with Gasteiger partial charge in [0.15, 0.2) is 5.78 Å². The lowest BCUT2D eigenvalue weighted by molar-refractivity contribution is -0.115. The Morgan fingerprint density at radius 1 is 1.28 bits per heavy atom. The molecule has 3 nitrogen and oxygen atoms in total. The summed E-state index contributed by atoms with van der Waals surface area (Å²) in [6.07, 6.45) is 20.3. The third kappa shape index (κ3) is 9.46. The van der Waals surface area contributed by atoms with Gasteiger partial charge in [-0.15, -0.1) is 0 Å². The van der Waals surface area contributed by atoms with Crippen molar-refractivity contribution in [2.75, 3.05) is 26.2 Å². The number of carbonyl (C=O) groups is 1. The average Bonchev–Trinajstić information content (AvgIpc) is 3.01. The van der Waals surface area contributed by atoms with Gasteiger partial charge in [0, 0.05) is 23.1 Å². The number of carbonyl (C=O) groups excluding carboxylic acids is 1. The minimum Gasteiger partial charge on any atom is -0.385 e. The fourth-order valence-electron chi connectivity index (χ4n) is 4.16. The number of piperidine rings is 1. The summed E-state index contributed by atoms with van der Waals surface area (Å²) in [6, 6.07) is 0. The SMILES string of the molecule is C=C/C(=C\C(=C/C)NCC(C)C)C1CCN(CCCCC(=O)C2=CC=C(Br)C=CC2)CC1. The zero-order valence-corrected chi connectivity index (χ0v) is 21.8. The number of ketones is 1. The highest BCUT2D eigenvalue weighted by atomic mass is 79.9. The molecule has 0 aromatic carbocycles. The van der Waals surface area contributed by atoms with Crippen LogP contribution in [0.5, 0.6) is 0 Å². The number of nitrogens with one attached hydrogen (secondary N) is 1. The fourth-order valence-corrected chi connectivity index (χ4v) is 4.48. The van der Waals surface area contributed by atoms with E-state index in [0.717, 1.165) is 55.5 Å². The van der Waals surface area contributed by atoms with E-state index in [0.29, 0.717) is 24.0 Å². The third-order valence-electron chi connectivity index (χ3n) is 6.19. The van der Waals surface area contributed by atoms with Gasteiger partial charge in [0.1, 0.15) is 0 Å². The highest BCUT2D eigenvalue weighted by Crippen LogP contribution is 2.26. The lowest BCUT2D eigenvalue weighted by Gasteiger charge is -2.32. The second-order valence-electron chi connectivity index (χ2n) is 9.21. The molecule has 176 valence electrons. The minimum atomic E-state index is 0.290. The zero-order valence-electron chi connectivity index (χ0n) is 20.2. The molecule has 1 fully saturated rings. The van der Waals surface area contributed by atoms with Crippen LogP contribution < -0.4 is 5.32 Å². The second kappa shape index (κ2) is 14.5. The van der Waals surface area contributed by atoms with E-state index >= 15 is 0 Å². The van der Waals surface area contributed by atoms with Crippen LogP contribution in [0.1, 0.15) is 59.3 Å². The van der Waals surface area contributed by atoms with Crippen molar-refractivity contribution < 1.29 is 4.79 Å². The number of hydrogen-bond acceptors (Lipinski definition) is 3. The molecule has 1 aliphatic carbocycles. The molecule has 1 aliphatic heterocycles. The van der Waals surface area contributed by atoms with Gasteiger partial charge in [-0.25, -0.2) is 0 Å². The van der Waals surface area contributed by atoms with E-state index in [9.17, 15) is 4.79 Å². The van der Waals surface area contributed by atoms with Crippen molar-refractivity contribution in [3.8, 4) is 0 Å². The highest BCUT2D eigenvalue weighted by Gasteiger charge is 2.21. The maximum atomic E-state index is 12.5. The number of rotatable bonds is 12. The molecule has 1 saturated heterocycles. The summed E-state index contributed by atoms with van der Waals surface area (Å²) < 4.78 is 1.02. The molecule has 2 aliphatic rings. The van der Waals surface area contributed by atoms with Crippen molar-refractivity contribution in [1.82, 2.24) is 10.2 Å². The topological polar surface area (TPSA) is 32.3 Å². The van der Waals surface area contributed by atoms with E-state index < -0.39 is 0 Å². The summed E-state index contributed by atoms with van der Waals surface area (Å²) in [5, 5.41) is 3.54. The van der Waals surface area contributed by atoms with Gasteiger partial charge in [0.2, 0.25) is 0 Å². The van der Waals surface area contributed by atoms with E-state index in [4.69, 9.17) is 0 Å². The Kier molecular flexibility index (Phi) is 12.0. The van der Waals surface area contributed by atoms with Crippen LogP contribution in [0.2, 0.25) is 0 Å². The van der Waals surface area contributed by atoms with Gasteiger partial charge in [-0.2, -0.15) is 0 Å². The predicted octanol–water partition coefficient (Wildman–Crippen LogP) is 6.86. The summed E-state index contributed by atoms with van der Waals surface area (Å²) >= 11 is 3.47. The molecule has 0 aromatic rings. The van der Waals surface area contributed by atoms with E-state index in [1.54, 1.807) is 0 Å². The Morgan fingerprint density at radius 3 is 2.69 bits per heavy atom. The van der Waals surface area contributed by atoms with E-state index in [2.05, 4.69) is 65.6 Å². The molecule has 1 N–H and O–H groups in total. The summed E-state index contributed by atoms with van der Waals surface area (Å²) in [4.78, 5) is 15.0. The Morgan fingerprint density at radius 2 is 2.03 bits per heavy atom. The number of halogens is 1. The molecule has 0 amide bonds. The van der Waals surface area contributed by atoms with Crippen molar-refractivity contribution in [2.24, 2.45) is 11.8 Å². The Hall–Kier alpha value is -1.65. The van der Waals surface area contributed by atoms with Crippen molar-refractivity contribution in [1.29, 1.82) is 0 Å². The Balaban J connectivity index is 1.72. The first-order valence-electron chi connectivity index (χ1n) is 12.2. The molecule has 0 radical (unpaired) electrons. The minimum absolute atomic E-state index is 0.290. The molecule has 1 heterocycles. The van der Waals surface area contributed by atoms with Gasteiger partial charge >= 0.3 is 0 Å². The van der Waals surface area contributed by atoms with Crippen molar-refractivity contribution in [2.45, 2.75) is 59.3 Å². The quantitative estimate of drug-likeness (QED) is 0.234. The van der Waals surface area contributed by atoms with Crippen LogP contribution in [-0.4, -0.2) is 36.9 Å². The molecule has 0 unspecified atom stereocenters. The average molecular weight is 502 g/mol. The smallest absolute Gasteiger partial charge is 0.159 e. The zero-order chi connectivity index (χ0) is 23.3. The first-order chi connectivity index (χ1) is 15.4. The van der Waals surface area contributed by atoms with Gasteiger partial charge < -0.3 is 10.2 Å². The normalized spacial score (nSPS) is 18.9. The standard InChI is InChI=1S/C28H41BrN2O/c1-5-23(20-27(6-2)30-21-22(3)4)24-15-18-31(19-16-24)17-8-7-12-28(32)25-10-9-11-26(29)14-13-25/h5-6,9,11,13-14,20,22,24,30H,1,7-8,10,12,15-19,21H2,2-4H3/b23-20+,27-6+. The lowest BCUT2D eigenvalue weighted by Crippen LogP contribution is -2.35. The first-order valence-corrected chi connectivity index (χ1v) is 12.9. The number of likely N-dealkylation sites (tertiary alicyclic amines) is 1. The number of hydrogen-bond donors (Lipinski definition) is 1. The van der Waals surface area contributed by atoms with Gasteiger partial charge in [0.05, 0.1) is 0 Å². The molecule has 0 atom stereocenters. The summed E-state index contributed by atoms with van der Waals surface area (Å²) in [7, 11) is 0. The molecule has 4 heteroatoms. The number of allylic oxidation sites excluding steroid dienone is 10. The van der Waals surface area contributed by atoms with Gasteiger partial charge in [-0.1, -0.05) is 66.7 Å². The Bertz CT molecular complexity index is 777. The van der Waals surface area contributed by atoms with Crippen LogP contribution >= 0.6 is 15.9 Å². The van der Waals surface area contributed by atoms with Crippen LogP contribution in [0.4, 0.5) is 0 Å². The molecule has 0 aromatic heterocycles. The number of Topliss-reactive ketones (excluding diaryl/α,β-unsaturated/α-hetero) is 1. The lowest BCUT2D eigenvalue weighted by atomic mass is 9.88. The van der Waals surface area contributed by atoms with Crippen molar-refractivity contribution in [3.63, 3.8) is 0 Å². The van der Waals surface area contributed by atoms with Crippen molar-refractivity contribution in [3.05, 3.63) is 70.4 Å². The highest BCUT2D eigenvalue weighted by molar-refractivity contribution is 9.11. The maximum absolute atomic E-state index is 12.5. The van der Waals surface area contributed by atoms with Gasteiger partial charge in [-0.05, 0) is 93.8 Å². The molecular formula is C28H41BrN2O. The fraction of sp³-hybridized carbons (Fsp3) is 0.536. The summed E-state index contributed by atoms with van der Waals surface area (Å²) in [6.45, 7) is 15.0. The monoisotopic (exact) mass is 500 g/mol. The van der Waals surface area contributed by atoms with Crippen molar-refractivity contribution >= 4 is 21.7 Å². The number of unbranched alkanes of at least 4 members (excludes halogenated alkanes) is 1. The van der Waals surface area contributed by atoms with E-state index in [1.165, 1.54) is 24.1 Å². The van der Waals surface area contributed by atoms with Gasteiger partial charge in [0.25, 0.3) is 0 Å². The molecule has 32 heavy (non-hydrogen) atoms. The predicted molar refractivity (Wildman–Crippen MR) is 142 cm³/mol. The second-order valence-corrected chi connectivity index (χ2v) is 10.1. The van der Waals surface area contributed by atoms with Crippen LogP contribution in [0.25, 0.3) is 0 Å². The van der Waals surface area contributed by atoms with Crippen LogP contribution in [0.15, 0.2) is 70.4 Å². The molecular weight excluding hydrogens is 460 g/mol. The first kappa shape index (κ1) is 26.6. The van der Waals surface area contributed by atoms with Crippen LogP contribution in [0.3, 0.4) is 0 Å². The van der Waals surface area contributed by atoms with Crippen LogP contribution in [-0.2, 0) is 4.79 Å². The Labute approximate surface area is 204 Å². The number of nitrogens with zero attached hydrogens (tertiary/aromatic N) is 1. The molecule has 0 spiro atoms. The molecule has 0 bridgehead atoms.